The number of ether oxygens (including phenoxy) is 1. The van der Waals surface area contributed by atoms with E-state index < -0.39 is 0 Å². The van der Waals surface area contributed by atoms with Crippen LogP contribution in [0.5, 0.6) is 5.75 Å². The molecule has 0 aliphatic rings. The summed E-state index contributed by atoms with van der Waals surface area (Å²) in [6, 6.07) is 28.1. The van der Waals surface area contributed by atoms with Crippen LogP contribution in [0.2, 0.25) is 0 Å². The van der Waals surface area contributed by atoms with Gasteiger partial charge in [-0.15, -0.1) is 0 Å². The quantitative estimate of drug-likeness (QED) is 0.347. The van der Waals surface area contributed by atoms with Gasteiger partial charge in [0.05, 0.1) is 24.4 Å². The van der Waals surface area contributed by atoms with Crippen molar-refractivity contribution < 1.29 is 4.74 Å². The number of hydrogen-bond donors (Lipinski definition) is 2. The molecule has 2 N–H and O–H groups in total. The minimum atomic E-state index is 0.543. The van der Waals surface area contributed by atoms with E-state index in [2.05, 4.69) is 27.9 Å². The highest BCUT2D eigenvalue weighted by molar-refractivity contribution is 5.90. The Hall–Kier alpha value is -4.39. The zero-order valence-corrected chi connectivity index (χ0v) is 18.3. The smallest absolute Gasteiger partial charge is 0.226 e. The zero-order chi connectivity index (χ0) is 22.5. The highest BCUT2D eigenvalue weighted by Crippen LogP contribution is 2.28. The molecule has 0 fully saturated rings. The molecular weight excluding hydrogens is 412 g/mol. The summed E-state index contributed by atoms with van der Waals surface area (Å²) in [6.45, 7) is 0.716. The van der Waals surface area contributed by atoms with Gasteiger partial charge in [-0.25, -0.2) is 4.68 Å². The number of nitrogens with one attached hydrogen (secondary N) is 2. The van der Waals surface area contributed by atoms with Crippen LogP contribution in [-0.4, -0.2) is 33.4 Å². The van der Waals surface area contributed by atoms with Crippen LogP contribution in [0.4, 0.5) is 17.5 Å². The van der Waals surface area contributed by atoms with Crippen molar-refractivity contribution in [3.8, 4) is 11.4 Å². The van der Waals surface area contributed by atoms with E-state index in [1.165, 1.54) is 5.56 Å². The first-order valence-electron chi connectivity index (χ1n) is 10.8. The Balaban J connectivity index is 1.50. The third kappa shape index (κ3) is 4.62. The summed E-state index contributed by atoms with van der Waals surface area (Å²) >= 11 is 0. The highest BCUT2D eigenvalue weighted by Gasteiger charge is 2.14. The lowest BCUT2D eigenvalue weighted by molar-refractivity contribution is 0.415. The standard InChI is InChI=1S/C26H24N6O/c1-33-22-14-8-11-20(17-22)29-24-23-18-28-32(21-12-6-3-7-13-21)25(23)31-26(30-24)27-16-15-19-9-4-2-5-10-19/h2-14,17-18H,15-16H2,1H3,(H2,27,29,30,31). The molecule has 33 heavy (non-hydrogen) atoms. The first-order chi connectivity index (χ1) is 16.3. The van der Waals surface area contributed by atoms with Crippen LogP contribution >= 0.6 is 0 Å². The van der Waals surface area contributed by atoms with Gasteiger partial charge in [-0.2, -0.15) is 15.1 Å². The molecule has 0 radical (unpaired) electrons. The van der Waals surface area contributed by atoms with Crippen LogP contribution in [-0.2, 0) is 6.42 Å². The largest absolute Gasteiger partial charge is 0.497 e. The lowest BCUT2D eigenvalue weighted by atomic mass is 10.1. The summed E-state index contributed by atoms with van der Waals surface area (Å²) in [4.78, 5) is 9.55. The van der Waals surface area contributed by atoms with Gasteiger partial charge in [0.1, 0.15) is 11.6 Å². The highest BCUT2D eigenvalue weighted by atomic mass is 16.5. The van der Waals surface area contributed by atoms with E-state index in [-0.39, 0.29) is 0 Å². The maximum atomic E-state index is 5.36. The zero-order valence-electron chi connectivity index (χ0n) is 18.3. The van der Waals surface area contributed by atoms with Crippen LogP contribution < -0.4 is 15.4 Å². The van der Waals surface area contributed by atoms with Gasteiger partial charge in [0, 0.05) is 18.3 Å². The average molecular weight is 437 g/mol. The van der Waals surface area contributed by atoms with Crippen LogP contribution in [0.25, 0.3) is 16.7 Å². The molecular formula is C26H24N6O. The summed E-state index contributed by atoms with van der Waals surface area (Å²) in [5, 5.41) is 12.2. The molecule has 5 rings (SSSR count). The molecule has 7 heteroatoms. The fourth-order valence-corrected chi connectivity index (χ4v) is 3.64. The van der Waals surface area contributed by atoms with Gasteiger partial charge in [0.25, 0.3) is 0 Å². The molecule has 164 valence electrons. The molecule has 0 saturated carbocycles. The summed E-state index contributed by atoms with van der Waals surface area (Å²) in [5.41, 5.74) is 3.80. The second kappa shape index (κ2) is 9.40. The van der Waals surface area contributed by atoms with Gasteiger partial charge in [-0.05, 0) is 36.2 Å². The van der Waals surface area contributed by atoms with Crippen molar-refractivity contribution in [2.24, 2.45) is 0 Å². The molecule has 0 aliphatic carbocycles. The van der Waals surface area contributed by atoms with E-state index >= 15 is 0 Å². The van der Waals surface area contributed by atoms with E-state index in [9.17, 15) is 0 Å². The first-order valence-corrected chi connectivity index (χ1v) is 10.8. The Bertz CT molecular complexity index is 1350. The van der Waals surface area contributed by atoms with Crippen molar-refractivity contribution in [1.82, 2.24) is 19.7 Å². The number of anilines is 3. The summed E-state index contributed by atoms with van der Waals surface area (Å²) < 4.78 is 7.19. The Labute approximate surface area is 192 Å². The molecule has 2 aromatic heterocycles. The second-order valence-corrected chi connectivity index (χ2v) is 7.54. The fraction of sp³-hybridized carbons (Fsp3) is 0.115. The Morgan fingerprint density at radius 2 is 1.67 bits per heavy atom. The fourth-order valence-electron chi connectivity index (χ4n) is 3.64. The van der Waals surface area contributed by atoms with Gasteiger partial charge in [0.2, 0.25) is 5.95 Å². The third-order valence-corrected chi connectivity index (χ3v) is 5.30. The van der Waals surface area contributed by atoms with E-state index in [0.717, 1.165) is 34.6 Å². The second-order valence-electron chi connectivity index (χ2n) is 7.54. The lowest BCUT2D eigenvalue weighted by Gasteiger charge is -2.12. The normalized spacial score (nSPS) is 10.8. The van der Waals surface area contributed by atoms with Crippen LogP contribution in [0.3, 0.4) is 0 Å². The predicted octanol–water partition coefficient (Wildman–Crippen LogP) is 5.22. The third-order valence-electron chi connectivity index (χ3n) is 5.30. The van der Waals surface area contributed by atoms with Gasteiger partial charge < -0.3 is 15.4 Å². The first kappa shape index (κ1) is 20.5. The molecule has 0 unspecified atom stereocenters. The van der Waals surface area contributed by atoms with Crippen LogP contribution in [0.1, 0.15) is 5.56 Å². The number of benzene rings is 3. The molecule has 0 atom stereocenters. The molecule has 7 nitrogen and oxygen atoms in total. The van der Waals surface area contributed by atoms with Crippen molar-refractivity contribution in [3.05, 3.63) is 96.7 Å². The molecule has 2 heterocycles. The Morgan fingerprint density at radius 1 is 0.879 bits per heavy atom. The van der Waals surface area contributed by atoms with Gasteiger partial charge >= 0.3 is 0 Å². The topological polar surface area (TPSA) is 76.9 Å². The summed E-state index contributed by atoms with van der Waals surface area (Å²) in [5.74, 6) is 1.99. The minimum absolute atomic E-state index is 0.543. The molecule has 0 spiro atoms. The van der Waals surface area contributed by atoms with Crippen molar-refractivity contribution in [3.63, 3.8) is 0 Å². The number of hydrogen-bond acceptors (Lipinski definition) is 6. The van der Waals surface area contributed by atoms with Crippen LogP contribution in [0.15, 0.2) is 91.1 Å². The predicted molar refractivity (Wildman–Crippen MR) is 132 cm³/mol. The number of aromatic nitrogens is 4. The molecule has 5 aromatic rings. The van der Waals surface area contributed by atoms with Gasteiger partial charge in [-0.1, -0.05) is 54.6 Å². The Kier molecular flexibility index (Phi) is 5.84. The maximum absolute atomic E-state index is 5.36. The van der Waals surface area contributed by atoms with E-state index in [0.29, 0.717) is 18.3 Å². The molecule has 0 amide bonds. The van der Waals surface area contributed by atoms with E-state index in [1.54, 1.807) is 13.3 Å². The number of fused-ring (bicyclic) bond motifs is 1. The lowest BCUT2D eigenvalue weighted by Crippen LogP contribution is -2.10. The Morgan fingerprint density at radius 3 is 2.45 bits per heavy atom. The summed E-state index contributed by atoms with van der Waals surface area (Å²) in [7, 11) is 1.65. The van der Waals surface area contributed by atoms with Crippen molar-refractivity contribution in [2.45, 2.75) is 6.42 Å². The monoisotopic (exact) mass is 436 g/mol. The minimum Gasteiger partial charge on any atom is -0.497 e. The number of nitrogens with zero attached hydrogens (tertiary/aromatic N) is 4. The van der Waals surface area contributed by atoms with Crippen molar-refractivity contribution >= 4 is 28.5 Å². The maximum Gasteiger partial charge on any atom is 0.226 e. The number of methoxy groups -OCH3 is 1. The van der Waals surface area contributed by atoms with Crippen molar-refractivity contribution in [2.75, 3.05) is 24.3 Å². The molecule has 0 aliphatic heterocycles. The molecule has 0 bridgehead atoms. The van der Waals surface area contributed by atoms with E-state index in [1.807, 2.05) is 77.5 Å². The average Bonchev–Trinajstić information content (AvgIpc) is 3.30. The van der Waals surface area contributed by atoms with Gasteiger partial charge in [-0.3, -0.25) is 0 Å². The molecule has 0 saturated heterocycles. The van der Waals surface area contributed by atoms with Crippen molar-refractivity contribution in [1.29, 1.82) is 0 Å². The molecule has 3 aromatic carbocycles. The van der Waals surface area contributed by atoms with Gasteiger partial charge in [0.15, 0.2) is 5.65 Å². The SMILES string of the molecule is COc1cccc(Nc2nc(NCCc3ccccc3)nc3c2cnn3-c2ccccc2)c1. The van der Waals surface area contributed by atoms with E-state index in [4.69, 9.17) is 14.7 Å². The number of rotatable bonds is 8. The summed E-state index contributed by atoms with van der Waals surface area (Å²) in [6.07, 6.45) is 2.66. The van der Waals surface area contributed by atoms with Crippen LogP contribution in [0, 0.1) is 0 Å². The number of para-hydroxylation sites is 1.